The van der Waals surface area contributed by atoms with Gasteiger partial charge in [0.2, 0.25) is 5.89 Å². The van der Waals surface area contributed by atoms with Crippen molar-refractivity contribution in [2.24, 2.45) is 5.92 Å². The maximum Gasteiger partial charge on any atom is 0.234 e. The number of nitrogens with zero attached hydrogens (tertiary/aromatic N) is 2. The number of hydrogen-bond acceptors (Lipinski definition) is 5. The molecule has 19 heavy (non-hydrogen) atoms. The van der Waals surface area contributed by atoms with Gasteiger partial charge < -0.3 is 9.84 Å². The highest BCUT2D eigenvalue weighted by Crippen LogP contribution is 2.40. The molecule has 106 valence electrons. The van der Waals surface area contributed by atoms with Gasteiger partial charge in [-0.3, -0.25) is 0 Å². The van der Waals surface area contributed by atoms with Crippen LogP contribution in [-0.4, -0.2) is 29.0 Å². The van der Waals surface area contributed by atoms with Crippen LogP contribution in [0.15, 0.2) is 4.52 Å². The quantitative estimate of drug-likeness (QED) is 0.923. The average Bonchev–Trinajstić information content (AvgIpc) is 3.09. The molecule has 2 unspecified atom stereocenters. The Morgan fingerprint density at radius 3 is 2.95 bits per heavy atom. The first kappa shape index (κ1) is 13.4. The third-order valence-corrected chi connectivity index (χ3v) is 6.00. The smallest absolute Gasteiger partial charge is 0.234 e. The topological polar surface area (TPSA) is 51.0 Å². The highest BCUT2D eigenvalue weighted by Gasteiger charge is 2.44. The van der Waals surface area contributed by atoms with Gasteiger partial charge >= 0.3 is 0 Å². The van der Waals surface area contributed by atoms with Crippen LogP contribution in [0.1, 0.15) is 56.5 Å². The molecule has 2 aliphatic rings. The van der Waals surface area contributed by atoms with Crippen LogP contribution in [-0.2, 0) is 5.41 Å². The van der Waals surface area contributed by atoms with E-state index in [-0.39, 0.29) is 5.41 Å². The Balaban J connectivity index is 1.83. The summed E-state index contributed by atoms with van der Waals surface area (Å²) in [7, 11) is 0. The van der Waals surface area contributed by atoms with Crippen molar-refractivity contribution >= 4 is 11.8 Å². The summed E-state index contributed by atoms with van der Waals surface area (Å²) in [5, 5.41) is 8.17. The van der Waals surface area contributed by atoms with Crippen molar-refractivity contribution < 1.29 is 4.52 Å². The van der Waals surface area contributed by atoms with E-state index in [0.717, 1.165) is 31.2 Å². The molecular formula is C14H23N3OS. The molecule has 4 nitrogen and oxygen atoms in total. The van der Waals surface area contributed by atoms with Crippen molar-refractivity contribution in [1.82, 2.24) is 15.5 Å². The maximum atomic E-state index is 5.65. The van der Waals surface area contributed by atoms with Crippen molar-refractivity contribution in [3.63, 3.8) is 0 Å². The minimum absolute atomic E-state index is 0.0462. The molecule has 3 heterocycles. The minimum atomic E-state index is 0.0462. The van der Waals surface area contributed by atoms with Gasteiger partial charge in [0.25, 0.3) is 0 Å². The van der Waals surface area contributed by atoms with E-state index in [1.54, 1.807) is 0 Å². The lowest BCUT2D eigenvalue weighted by Crippen LogP contribution is -2.35. The van der Waals surface area contributed by atoms with Gasteiger partial charge in [-0.05, 0) is 37.5 Å². The van der Waals surface area contributed by atoms with Crippen LogP contribution in [0, 0.1) is 5.92 Å². The fraction of sp³-hybridized carbons (Fsp3) is 0.857. The van der Waals surface area contributed by atoms with Crippen LogP contribution in [0.25, 0.3) is 0 Å². The largest absolute Gasteiger partial charge is 0.339 e. The van der Waals surface area contributed by atoms with Crippen molar-refractivity contribution in [1.29, 1.82) is 0 Å². The van der Waals surface area contributed by atoms with Crippen molar-refractivity contribution in [2.45, 2.75) is 50.2 Å². The van der Waals surface area contributed by atoms with Gasteiger partial charge in [-0.1, -0.05) is 25.4 Å². The van der Waals surface area contributed by atoms with Crippen molar-refractivity contribution in [3.05, 3.63) is 11.7 Å². The molecule has 0 bridgehead atoms. The molecule has 0 amide bonds. The first-order chi connectivity index (χ1) is 9.22. The van der Waals surface area contributed by atoms with Crippen LogP contribution < -0.4 is 5.32 Å². The summed E-state index contributed by atoms with van der Waals surface area (Å²) in [6.07, 6.45) is 4.91. The van der Waals surface area contributed by atoms with Crippen LogP contribution in [0.5, 0.6) is 0 Å². The molecule has 0 saturated carbocycles. The van der Waals surface area contributed by atoms with Crippen molar-refractivity contribution in [2.75, 3.05) is 18.8 Å². The van der Waals surface area contributed by atoms with E-state index < -0.39 is 0 Å². The second kappa shape index (κ2) is 5.44. The van der Waals surface area contributed by atoms with E-state index in [0.29, 0.717) is 11.2 Å². The standard InChI is InChI=1S/C14H23N3OS/c1-10(2)14(6-7-15-9-14)13-16-12(17-18-13)11-5-3-4-8-19-11/h10-11,15H,3-9H2,1-2H3. The summed E-state index contributed by atoms with van der Waals surface area (Å²) in [4.78, 5) is 4.77. The molecule has 2 saturated heterocycles. The Kier molecular flexibility index (Phi) is 3.85. The fourth-order valence-corrected chi connectivity index (χ4v) is 4.38. The molecular weight excluding hydrogens is 258 g/mol. The maximum absolute atomic E-state index is 5.65. The summed E-state index contributed by atoms with van der Waals surface area (Å²) < 4.78 is 5.65. The first-order valence-electron chi connectivity index (χ1n) is 7.39. The van der Waals surface area contributed by atoms with E-state index in [9.17, 15) is 0 Å². The van der Waals surface area contributed by atoms with Gasteiger partial charge in [-0.2, -0.15) is 16.7 Å². The lowest BCUT2D eigenvalue weighted by molar-refractivity contribution is 0.234. The lowest BCUT2D eigenvalue weighted by atomic mass is 9.76. The van der Waals surface area contributed by atoms with Gasteiger partial charge in [-0.15, -0.1) is 0 Å². The molecule has 0 spiro atoms. The lowest BCUT2D eigenvalue weighted by Gasteiger charge is -2.28. The average molecular weight is 281 g/mol. The molecule has 1 N–H and O–H groups in total. The normalized spacial score (nSPS) is 32.1. The Hall–Kier alpha value is -0.550. The van der Waals surface area contributed by atoms with Crippen LogP contribution in [0.2, 0.25) is 0 Å². The predicted molar refractivity (Wildman–Crippen MR) is 77.4 cm³/mol. The summed E-state index contributed by atoms with van der Waals surface area (Å²) in [5.41, 5.74) is 0.0462. The molecule has 5 heteroatoms. The Morgan fingerprint density at radius 1 is 1.42 bits per heavy atom. The minimum Gasteiger partial charge on any atom is -0.339 e. The molecule has 2 atom stereocenters. The van der Waals surface area contributed by atoms with E-state index in [2.05, 4.69) is 24.3 Å². The van der Waals surface area contributed by atoms with Crippen molar-refractivity contribution in [3.8, 4) is 0 Å². The number of aromatic nitrogens is 2. The van der Waals surface area contributed by atoms with E-state index in [4.69, 9.17) is 9.51 Å². The van der Waals surface area contributed by atoms with Gasteiger partial charge in [-0.25, -0.2) is 0 Å². The Morgan fingerprint density at radius 2 is 2.32 bits per heavy atom. The summed E-state index contributed by atoms with van der Waals surface area (Å²) in [6, 6.07) is 0. The second-order valence-electron chi connectivity index (χ2n) is 6.05. The molecule has 1 aromatic heterocycles. The molecule has 0 radical (unpaired) electrons. The number of hydrogen-bond donors (Lipinski definition) is 1. The zero-order chi connectivity index (χ0) is 13.3. The third-order valence-electron chi connectivity index (χ3n) is 4.63. The molecule has 2 aliphatic heterocycles. The molecule has 0 aliphatic carbocycles. The summed E-state index contributed by atoms with van der Waals surface area (Å²) in [6.45, 7) is 6.52. The predicted octanol–water partition coefficient (Wildman–Crippen LogP) is 2.91. The van der Waals surface area contributed by atoms with E-state index in [1.807, 2.05) is 11.8 Å². The highest BCUT2D eigenvalue weighted by atomic mass is 32.2. The fourth-order valence-electron chi connectivity index (χ4n) is 3.15. The Labute approximate surface area is 119 Å². The Bertz CT molecular complexity index is 420. The zero-order valence-electron chi connectivity index (χ0n) is 11.8. The van der Waals surface area contributed by atoms with Crippen LogP contribution in [0.3, 0.4) is 0 Å². The van der Waals surface area contributed by atoms with Gasteiger partial charge in [0, 0.05) is 6.54 Å². The monoisotopic (exact) mass is 281 g/mol. The van der Waals surface area contributed by atoms with Crippen LogP contribution >= 0.6 is 11.8 Å². The summed E-state index contributed by atoms with van der Waals surface area (Å²) in [5.74, 6) is 3.53. The third kappa shape index (κ3) is 2.42. The molecule has 1 aromatic rings. The van der Waals surface area contributed by atoms with E-state index in [1.165, 1.54) is 25.0 Å². The first-order valence-corrected chi connectivity index (χ1v) is 8.44. The number of thioether (sulfide) groups is 1. The number of rotatable bonds is 3. The SMILES string of the molecule is CC(C)C1(c2nc(C3CCCCS3)no2)CCNC1. The van der Waals surface area contributed by atoms with Gasteiger partial charge in [0.15, 0.2) is 5.82 Å². The highest BCUT2D eigenvalue weighted by molar-refractivity contribution is 7.99. The summed E-state index contributed by atoms with van der Waals surface area (Å²) >= 11 is 1.98. The van der Waals surface area contributed by atoms with Crippen LogP contribution in [0.4, 0.5) is 0 Å². The number of nitrogens with one attached hydrogen (secondary N) is 1. The van der Waals surface area contributed by atoms with Gasteiger partial charge in [0.05, 0.1) is 10.7 Å². The van der Waals surface area contributed by atoms with E-state index >= 15 is 0 Å². The zero-order valence-corrected chi connectivity index (χ0v) is 12.6. The molecule has 2 fully saturated rings. The second-order valence-corrected chi connectivity index (χ2v) is 7.36. The molecule has 3 rings (SSSR count). The van der Waals surface area contributed by atoms with Gasteiger partial charge in [0.1, 0.15) is 0 Å². The molecule has 0 aromatic carbocycles.